The van der Waals surface area contributed by atoms with E-state index < -0.39 is 0 Å². The summed E-state index contributed by atoms with van der Waals surface area (Å²) in [7, 11) is 0. The Morgan fingerprint density at radius 2 is 1.73 bits per heavy atom. The lowest BCUT2D eigenvalue weighted by Crippen LogP contribution is -2.11. The van der Waals surface area contributed by atoms with Crippen LogP contribution in [0.3, 0.4) is 0 Å². The summed E-state index contributed by atoms with van der Waals surface area (Å²) < 4.78 is 2.66. The van der Waals surface area contributed by atoms with Gasteiger partial charge in [0.2, 0.25) is 11.9 Å². The van der Waals surface area contributed by atoms with Crippen LogP contribution in [0, 0.1) is 13.8 Å². The molecule has 0 aliphatic heterocycles. The predicted molar refractivity (Wildman–Crippen MR) is 122 cm³/mol. The van der Waals surface area contributed by atoms with Gasteiger partial charge in [0.15, 0.2) is 0 Å². The van der Waals surface area contributed by atoms with E-state index in [1.807, 2.05) is 74.5 Å². The van der Waals surface area contributed by atoms with Crippen LogP contribution in [0.2, 0.25) is 0 Å². The molecule has 9 heteroatoms. The van der Waals surface area contributed by atoms with Crippen LogP contribution in [0.5, 0.6) is 0 Å². The fourth-order valence-corrected chi connectivity index (χ4v) is 3.22. The lowest BCUT2D eigenvalue weighted by Gasteiger charge is -2.09. The van der Waals surface area contributed by atoms with Gasteiger partial charge in [0.25, 0.3) is 5.95 Å². The highest BCUT2D eigenvalue weighted by Gasteiger charge is 2.12. The zero-order chi connectivity index (χ0) is 20.9. The molecule has 0 radical (unpaired) electrons. The van der Waals surface area contributed by atoms with E-state index in [-0.39, 0.29) is 0 Å². The van der Waals surface area contributed by atoms with E-state index in [4.69, 9.17) is 0 Å². The maximum absolute atomic E-state index is 4.52. The molecular weight excluding hydrogens is 444 g/mol. The van der Waals surface area contributed by atoms with Crippen molar-refractivity contribution in [3.63, 3.8) is 0 Å². The van der Waals surface area contributed by atoms with Crippen LogP contribution in [-0.2, 0) is 0 Å². The minimum absolute atomic E-state index is 0.303. The molecule has 2 aromatic heterocycles. The van der Waals surface area contributed by atoms with Gasteiger partial charge in [-0.25, -0.2) is 10.1 Å². The monoisotopic (exact) mass is 462 g/mol. The number of para-hydroxylation sites is 1. The fourth-order valence-electron chi connectivity index (χ4n) is 2.80. The van der Waals surface area contributed by atoms with E-state index in [1.165, 1.54) is 0 Å². The zero-order valence-electron chi connectivity index (χ0n) is 16.4. The highest BCUT2D eigenvalue weighted by Crippen LogP contribution is 2.16. The maximum Gasteiger partial charge on any atom is 0.257 e. The first-order valence-corrected chi connectivity index (χ1v) is 10.0. The first kappa shape index (κ1) is 19.7. The van der Waals surface area contributed by atoms with Crippen molar-refractivity contribution in [2.45, 2.75) is 13.8 Å². The highest BCUT2D eigenvalue weighted by atomic mass is 79.9. The number of aromatic nitrogens is 5. The number of nitrogens with one attached hydrogen (secondary N) is 2. The number of hydrogen-bond donors (Lipinski definition) is 2. The minimum atomic E-state index is 0.303. The minimum Gasteiger partial charge on any atom is -0.324 e. The van der Waals surface area contributed by atoms with Gasteiger partial charge in [-0.1, -0.05) is 46.3 Å². The topological polar surface area (TPSA) is 92.9 Å². The summed E-state index contributed by atoms with van der Waals surface area (Å²) in [5.74, 6) is 1.09. The van der Waals surface area contributed by atoms with Crippen LogP contribution in [0.1, 0.15) is 17.0 Å². The van der Waals surface area contributed by atoms with Gasteiger partial charge in [-0.15, -0.1) is 0 Å². The van der Waals surface area contributed by atoms with Gasteiger partial charge in [-0.05, 0) is 49.7 Å². The molecule has 0 amide bonds. The first-order chi connectivity index (χ1) is 14.6. The molecule has 30 heavy (non-hydrogen) atoms. The van der Waals surface area contributed by atoms with Crippen molar-refractivity contribution in [3.8, 4) is 5.95 Å². The molecule has 4 aromatic rings. The summed E-state index contributed by atoms with van der Waals surface area (Å²) in [4.78, 5) is 13.4. The second-order valence-corrected chi connectivity index (χ2v) is 7.45. The van der Waals surface area contributed by atoms with Crippen molar-refractivity contribution in [1.82, 2.24) is 24.7 Å². The van der Waals surface area contributed by atoms with Crippen molar-refractivity contribution in [3.05, 3.63) is 82.1 Å². The summed E-state index contributed by atoms with van der Waals surface area (Å²) in [5.41, 5.74) is 6.50. The number of anilines is 3. The Hall–Kier alpha value is -3.59. The summed E-state index contributed by atoms with van der Waals surface area (Å²) >= 11 is 3.45. The number of hydrazone groups is 1. The lowest BCUT2D eigenvalue weighted by molar-refractivity contribution is 0.767. The fraction of sp³-hybridized carbons (Fsp3) is 0.0952. The quantitative estimate of drug-likeness (QED) is 0.320. The molecule has 2 aromatic carbocycles. The molecule has 0 saturated carbocycles. The van der Waals surface area contributed by atoms with Gasteiger partial charge in [0.05, 0.1) is 11.9 Å². The summed E-state index contributed by atoms with van der Waals surface area (Å²) in [6, 6.07) is 19.5. The van der Waals surface area contributed by atoms with Gasteiger partial charge >= 0.3 is 0 Å². The van der Waals surface area contributed by atoms with E-state index in [1.54, 1.807) is 10.9 Å². The third-order valence-corrected chi connectivity index (χ3v) is 4.57. The third kappa shape index (κ3) is 4.87. The van der Waals surface area contributed by atoms with Gasteiger partial charge in [0.1, 0.15) is 0 Å². The molecule has 150 valence electrons. The van der Waals surface area contributed by atoms with E-state index in [2.05, 4.69) is 51.8 Å². The van der Waals surface area contributed by atoms with E-state index in [9.17, 15) is 0 Å². The third-order valence-electron chi connectivity index (χ3n) is 4.08. The summed E-state index contributed by atoms with van der Waals surface area (Å²) in [6.45, 7) is 3.88. The van der Waals surface area contributed by atoms with Crippen LogP contribution in [-0.4, -0.2) is 30.9 Å². The molecule has 0 aliphatic rings. The second-order valence-electron chi connectivity index (χ2n) is 6.54. The van der Waals surface area contributed by atoms with E-state index in [0.29, 0.717) is 17.8 Å². The van der Waals surface area contributed by atoms with Crippen molar-refractivity contribution in [1.29, 1.82) is 0 Å². The van der Waals surface area contributed by atoms with E-state index in [0.717, 1.165) is 27.1 Å². The normalized spacial score (nSPS) is 11.0. The van der Waals surface area contributed by atoms with Crippen LogP contribution >= 0.6 is 15.9 Å². The number of nitrogens with zero attached hydrogens (tertiary/aromatic N) is 6. The smallest absolute Gasteiger partial charge is 0.257 e. The average molecular weight is 463 g/mol. The second kappa shape index (κ2) is 8.83. The highest BCUT2D eigenvalue weighted by molar-refractivity contribution is 9.10. The molecule has 8 nitrogen and oxygen atoms in total. The molecule has 0 atom stereocenters. The lowest BCUT2D eigenvalue weighted by atomic mass is 10.2. The van der Waals surface area contributed by atoms with Crippen molar-refractivity contribution in [2.24, 2.45) is 5.10 Å². The number of rotatable bonds is 6. The first-order valence-electron chi connectivity index (χ1n) is 9.23. The van der Waals surface area contributed by atoms with Gasteiger partial charge in [-0.3, -0.25) is 0 Å². The molecule has 0 unspecified atom stereocenters. The number of hydrogen-bond acceptors (Lipinski definition) is 7. The van der Waals surface area contributed by atoms with Crippen molar-refractivity contribution < 1.29 is 0 Å². The largest absolute Gasteiger partial charge is 0.324 e. The number of aryl methyl sites for hydroxylation is 2. The van der Waals surface area contributed by atoms with Gasteiger partial charge in [-0.2, -0.15) is 25.2 Å². The maximum atomic E-state index is 4.52. The number of halogens is 1. The molecule has 0 bridgehead atoms. The van der Waals surface area contributed by atoms with Gasteiger partial charge < -0.3 is 5.32 Å². The molecule has 2 N–H and O–H groups in total. The van der Waals surface area contributed by atoms with Crippen LogP contribution < -0.4 is 10.7 Å². The molecule has 0 fully saturated rings. The predicted octanol–water partition coefficient (Wildman–Crippen LogP) is 4.63. The Kier molecular flexibility index (Phi) is 5.80. The van der Waals surface area contributed by atoms with E-state index >= 15 is 0 Å². The van der Waals surface area contributed by atoms with Crippen LogP contribution in [0.4, 0.5) is 17.6 Å². The molecule has 0 spiro atoms. The summed E-state index contributed by atoms with van der Waals surface area (Å²) in [5, 5.41) is 11.9. The zero-order valence-corrected chi connectivity index (χ0v) is 18.0. The number of benzene rings is 2. The molecule has 0 saturated heterocycles. The van der Waals surface area contributed by atoms with Crippen LogP contribution in [0.25, 0.3) is 5.95 Å². The SMILES string of the molecule is Cc1cc(C)n(-c2nc(N/N=C/c3cccc(Br)c3)nc(Nc3ccccc3)n2)n1. The summed E-state index contributed by atoms with van der Waals surface area (Å²) in [6.07, 6.45) is 1.70. The van der Waals surface area contributed by atoms with Gasteiger partial charge in [0, 0.05) is 15.9 Å². The Morgan fingerprint density at radius 3 is 2.47 bits per heavy atom. The van der Waals surface area contributed by atoms with Crippen molar-refractivity contribution in [2.75, 3.05) is 10.7 Å². The Labute approximate surface area is 182 Å². The van der Waals surface area contributed by atoms with Crippen molar-refractivity contribution >= 4 is 39.7 Å². The molecular formula is C21H19BrN8. The standard InChI is InChI=1S/C21H19BrN8/c1-14-11-15(2)30(29-14)21-26-19(24-18-9-4-3-5-10-18)25-20(27-21)28-23-13-16-7-6-8-17(22)12-16/h3-13H,1-2H3,(H2,24,25,26,27,28)/b23-13+. The van der Waals surface area contributed by atoms with Crippen LogP contribution in [0.15, 0.2) is 70.2 Å². The molecule has 4 rings (SSSR count). The Balaban J connectivity index is 1.65. The molecule has 0 aliphatic carbocycles. The Bertz CT molecular complexity index is 1190. The Morgan fingerprint density at radius 1 is 0.933 bits per heavy atom. The molecule has 2 heterocycles. The average Bonchev–Trinajstić information content (AvgIpc) is 3.07.